The predicted octanol–water partition coefficient (Wildman–Crippen LogP) is 8.34. The molecule has 0 amide bonds. The van der Waals surface area contributed by atoms with Crippen molar-refractivity contribution in [2.24, 2.45) is 0 Å². The maximum Gasteiger partial charge on any atom is 0.119 e. The van der Waals surface area contributed by atoms with E-state index in [1.54, 1.807) is 0 Å². The molecule has 0 saturated heterocycles. The lowest BCUT2D eigenvalue weighted by Crippen LogP contribution is -2.18. The predicted molar refractivity (Wildman–Crippen MR) is 182 cm³/mol. The average molecular weight is 617 g/mol. The molecule has 8 heteroatoms. The molecule has 0 N–H and O–H groups in total. The lowest BCUT2D eigenvalue weighted by molar-refractivity contribution is 0.318. The molecule has 0 bridgehead atoms. The first-order chi connectivity index (χ1) is 18.1. The SMILES string of the molecule is CC(C)(c1ccc(OCCCSCCSCCS)cc1)c1ccc(OCCCSCCSCCS)cc1. The fourth-order valence-electron chi connectivity index (χ4n) is 3.58. The van der Waals surface area contributed by atoms with Crippen LogP contribution >= 0.6 is 72.3 Å². The summed E-state index contributed by atoms with van der Waals surface area (Å²) in [4.78, 5) is 0. The zero-order valence-electron chi connectivity index (χ0n) is 22.4. The molecule has 0 aliphatic carbocycles. The summed E-state index contributed by atoms with van der Waals surface area (Å²) < 4.78 is 11.9. The van der Waals surface area contributed by atoms with E-state index in [9.17, 15) is 0 Å². The van der Waals surface area contributed by atoms with Crippen molar-refractivity contribution in [3.05, 3.63) is 59.7 Å². The molecular formula is C29H44O2S6. The van der Waals surface area contributed by atoms with Crippen molar-refractivity contribution in [3.8, 4) is 11.5 Å². The Morgan fingerprint density at radius 3 is 1.24 bits per heavy atom. The van der Waals surface area contributed by atoms with Crippen LogP contribution in [0.1, 0.15) is 37.8 Å². The quantitative estimate of drug-likeness (QED) is 0.102. The third-order valence-electron chi connectivity index (χ3n) is 5.77. The second-order valence-corrected chi connectivity index (χ2v) is 14.8. The highest BCUT2D eigenvalue weighted by Gasteiger charge is 2.23. The molecule has 208 valence electrons. The molecule has 0 atom stereocenters. The van der Waals surface area contributed by atoms with Crippen molar-refractivity contribution in [2.45, 2.75) is 32.1 Å². The van der Waals surface area contributed by atoms with Gasteiger partial charge >= 0.3 is 0 Å². The topological polar surface area (TPSA) is 18.5 Å². The molecule has 0 radical (unpaired) electrons. The van der Waals surface area contributed by atoms with Gasteiger partial charge in [0.15, 0.2) is 0 Å². The van der Waals surface area contributed by atoms with E-state index in [1.807, 2.05) is 47.0 Å². The van der Waals surface area contributed by atoms with Gasteiger partial charge in [0.1, 0.15) is 11.5 Å². The zero-order valence-corrected chi connectivity index (χ0v) is 27.4. The van der Waals surface area contributed by atoms with Crippen LogP contribution < -0.4 is 9.47 Å². The van der Waals surface area contributed by atoms with Crippen LogP contribution in [0, 0.1) is 0 Å². The van der Waals surface area contributed by atoms with Gasteiger partial charge in [-0.2, -0.15) is 72.3 Å². The number of thiol groups is 2. The van der Waals surface area contributed by atoms with Gasteiger partial charge in [0.2, 0.25) is 0 Å². The molecule has 0 saturated carbocycles. The number of hydrogen-bond acceptors (Lipinski definition) is 8. The van der Waals surface area contributed by atoms with Gasteiger partial charge < -0.3 is 9.47 Å². The van der Waals surface area contributed by atoms with Crippen LogP contribution in [0.2, 0.25) is 0 Å². The third kappa shape index (κ3) is 14.4. The monoisotopic (exact) mass is 616 g/mol. The minimum Gasteiger partial charge on any atom is -0.494 e. The van der Waals surface area contributed by atoms with Crippen LogP contribution in [0.25, 0.3) is 0 Å². The number of hydrogen-bond donors (Lipinski definition) is 2. The Balaban J connectivity index is 1.67. The molecule has 0 fully saturated rings. The van der Waals surface area contributed by atoms with E-state index in [0.717, 1.165) is 72.1 Å². The van der Waals surface area contributed by atoms with Crippen molar-refractivity contribution in [3.63, 3.8) is 0 Å². The van der Waals surface area contributed by atoms with Crippen LogP contribution in [0.3, 0.4) is 0 Å². The van der Waals surface area contributed by atoms with Crippen molar-refractivity contribution in [1.82, 2.24) is 0 Å². The van der Waals surface area contributed by atoms with Crippen LogP contribution in [-0.4, -0.2) is 70.7 Å². The Morgan fingerprint density at radius 1 is 0.541 bits per heavy atom. The summed E-state index contributed by atoms with van der Waals surface area (Å²) >= 11 is 16.5. The highest BCUT2D eigenvalue weighted by molar-refractivity contribution is 8.03. The molecule has 2 rings (SSSR count). The molecule has 37 heavy (non-hydrogen) atoms. The summed E-state index contributed by atoms with van der Waals surface area (Å²) in [5.41, 5.74) is 2.49. The van der Waals surface area contributed by atoms with E-state index in [-0.39, 0.29) is 5.41 Å². The zero-order chi connectivity index (χ0) is 26.6. The highest BCUT2D eigenvalue weighted by atomic mass is 32.2. The van der Waals surface area contributed by atoms with Gasteiger partial charge in [-0.15, -0.1) is 0 Å². The second-order valence-electron chi connectivity index (χ2n) is 8.97. The molecule has 0 aromatic heterocycles. The molecule has 2 aromatic rings. The van der Waals surface area contributed by atoms with Gasteiger partial charge in [-0.1, -0.05) is 38.1 Å². The van der Waals surface area contributed by atoms with Gasteiger partial charge in [-0.05, 0) is 71.2 Å². The molecule has 0 heterocycles. The fourth-order valence-corrected chi connectivity index (χ4v) is 7.96. The standard InChI is InChI=1S/C29H44O2S6/c1-29(2,25-5-9-27(10-6-25)30-13-3-17-34-21-23-36-19-15-32)26-7-11-28(12-8-26)31-14-4-18-35-22-24-37-20-16-33/h5-12,32-33H,3-4,13-24H2,1-2H3. The Bertz CT molecular complexity index is 747. The molecule has 0 unspecified atom stereocenters. The van der Waals surface area contributed by atoms with E-state index >= 15 is 0 Å². The van der Waals surface area contributed by atoms with Crippen molar-refractivity contribution < 1.29 is 9.47 Å². The minimum atomic E-state index is -0.0830. The largest absolute Gasteiger partial charge is 0.494 e. The van der Waals surface area contributed by atoms with Gasteiger partial charge in [-0.25, -0.2) is 0 Å². The average Bonchev–Trinajstić information content (AvgIpc) is 2.92. The maximum absolute atomic E-state index is 5.97. The van der Waals surface area contributed by atoms with Crippen LogP contribution in [0.5, 0.6) is 11.5 Å². The van der Waals surface area contributed by atoms with Crippen molar-refractivity contribution >= 4 is 72.3 Å². The molecule has 0 aliphatic heterocycles. The van der Waals surface area contributed by atoms with E-state index in [2.05, 4.69) is 87.6 Å². The van der Waals surface area contributed by atoms with E-state index < -0.39 is 0 Å². The van der Waals surface area contributed by atoms with Crippen LogP contribution in [0.4, 0.5) is 0 Å². The second kappa shape index (κ2) is 21.0. The summed E-state index contributed by atoms with van der Waals surface area (Å²) in [5.74, 6) is 13.3. The van der Waals surface area contributed by atoms with Gasteiger partial charge in [-0.3, -0.25) is 0 Å². The lowest BCUT2D eigenvalue weighted by atomic mass is 9.78. The van der Waals surface area contributed by atoms with Crippen molar-refractivity contribution in [1.29, 1.82) is 0 Å². The first kappa shape index (κ1) is 33.3. The Labute approximate surface area is 254 Å². The Morgan fingerprint density at radius 2 is 0.892 bits per heavy atom. The number of thioether (sulfide) groups is 4. The smallest absolute Gasteiger partial charge is 0.119 e. The summed E-state index contributed by atoms with van der Waals surface area (Å²) in [5, 5.41) is 0. The number of ether oxygens (including phenoxy) is 2. The molecular weight excluding hydrogens is 573 g/mol. The van der Waals surface area contributed by atoms with Crippen molar-refractivity contribution in [2.75, 3.05) is 70.7 Å². The van der Waals surface area contributed by atoms with Crippen LogP contribution in [0.15, 0.2) is 48.5 Å². The normalized spacial score (nSPS) is 11.6. The first-order valence-electron chi connectivity index (χ1n) is 13.1. The highest BCUT2D eigenvalue weighted by Crippen LogP contribution is 2.33. The van der Waals surface area contributed by atoms with E-state index in [1.165, 1.54) is 34.1 Å². The van der Waals surface area contributed by atoms with Gasteiger partial charge in [0.25, 0.3) is 0 Å². The van der Waals surface area contributed by atoms with Gasteiger partial charge in [0, 0.05) is 39.9 Å². The third-order valence-corrected chi connectivity index (χ3v) is 11.5. The van der Waals surface area contributed by atoms with Gasteiger partial charge in [0.05, 0.1) is 13.2 Å². The first-order valence-corrected chi connectivity index (χ1v) is 19.0. The summed E-state index contributed by atoms with van der Waals surface area (Å²) in [6.45, 7) is 6.09. The fraction of sp³-hybridized carbons (Fsp3) is 0.586. The lowest BCUT2D eigenvalue weighted by Gasteiger charge is -2.26. The maximum atomic E-state index is 5.97. The summed E-state index contributed by atoms with van der Waals surface area (Å²) in [7, 11) is 0. The number of benzene rings is 2. The Hall–Kier alpha value is 0.140. The van der Waals surface area contributed by atoms with E-state index in [4.69, 9.17) is 9.47 Å². The number of rotatable bonds is 22. The molecule has 2 aromatic carbocycles. The molecule has 0 spiro atoms. The summed E-state index contributed by atoms with van der Waals surface area (Å²) in [6.07, 6.45) is 2.16. The molecule has 2 nitrogen and oxygen atoms in total. The molecule has 0 aliphatic rings. The van der Waals surface area contributed by atoms with Crippen LogP contribution in [-0.2, 0) is 5.41 Å². The minimum absolute atomic E-state index is 0.0830. The summed E-state index contributed by atoms with van der Waals surface area (Å²) in [6, 6.07) is 17.2. The Kier molecular flexibility index (Phi) is 18.9. The van der Waals surface area contributed by atoms with E-state index in [0.29, 0.717) is 0 Å².